The summed E-state index contributed by atoms with van der Waals surface area (Å²) >= 11 is 3.38. The van der Waals surface area contributed by atoms with Crippen LogP contribution in [0.5, 0.6) is 5.75 Å². The molecular formula is C18H25BrN2O4. The first-order valence-electron chi connectivity index (χ1n) is 8.42. The number of rotatable bonds is 5. The van der Waals surface area contributed by atoms with Gasteiger partial charge in [0.05, 0.1) is 6.54 Å². The van der Waals surface area contributed by atoms with E-state index in [1.165, 1.54) is 4.90 Å². The summed E-state index contributed by atoms with van der Waals surface area (Å²) in [4.78, 5) is 26.1. The Morgan fingerprint density at radius 1 is 1.36 bits per heavy atom. The van der Waals surface area contributed by atoms with E-state index in [1.54, 1.807) is 0 Å². The first-order chi connectivity index (χ1) is 11.8. The van der Waals surface area contributed by atoms with E-state index in [4.69, 9.17) is 9.47 Å². The summed E-state index contributed by atoms with van der Waals surface area (Å²) in [6.45, 7) is 6.73. The predicted octanol–water partition coefficient (Wildman–Crippen LogP) is 3.34. The fourth-order valence-corrected chi connectivity index (χ4v) is 2.97. The average molecular weight is 413 g/mol. The van der Waals surface area contributed by atoms with Crippen LogP contribution in [-0.2, 0) is 9.53 Å². The van der Waals surface area contributed by atoms with Crippen LogP contribution in [0.3, 0.4) is 0 Å². The maximum Gasteiger partial charge on any atom is 0.410 e. The highest BCUT2D eigenvalue weighted by atomic mass is 79.9. The van der Waals surface area contributed by atoms with Crippen LogP contribution in [0.15, 0.2) is 28.7 Å². The standard InChI is InChI=1S/C18H25BrN2O4/c1-18(2,3)25-17(23)21-10-5-8-15(21)16(22)20-9-11-24-14-7-4-6-13(19)12-14/h4,6-7,12,15H,5,8-11H2,1-3H3,(H,20,22). The zero-order valence-corrected chi connectivity index (χ0v) is 16.5. The van der Waals surface area contributed by atoms with Crippen LogP contribution < -0.4 is 10.1 Å². The van der Waals surface area contributed by atoms with Crippen LogP contribution in [0.4, 0.5) is 4.79 Å². The number of amides is 2. The highest BCUT2D eigenvalue weighted by Crippen LogP contribution is 2.21. The number of halogens is 1. The first-order valence-corrected chi connectivity index (χ1v) is 9.21. The molecule has 1 unspecified atom stereocenters. The third kappa shape index (κ3) is 6.23. The van der Waals surface area contributed by atoms with Gasteiger partial charge >= 0.3 is 6.09 Å². The third-order valence-electron chi connectivity index (χ3n) is 3.65. The summed E-state index contributed by atoms with van der Waals surface area (Å²) in [6, 6.07) is 7.05. The van der Waals surface area contributed by atoms with E-state index in [0.29, 0.717) is 26.1 Å². The molecule has 1 aliphatic heterocycles. The van der Waals surface area contributed by atoms with Crippen molar-refractivity contribution >= 4 is 27.9 Å². The Labute approximate surface area is 157 Å². The zero-order valence-electron chi connectivity index (χ0n) is 14.9. The van der Waals surface area contributed by atoms with E-state index in [9.17, 15) is 9.59 Å². The van der Waals surface area contributed by atoms with Gasteiger partial charge in [0.15, 0.2) is 0 Å². The summed E-state index contributed by atoms with van der Waals surface area (Å²) in [6.07, 6.45) is 1.01. The molecule has 1 fully saturated rings. The highest BCUT2D eigenvalue weighted by Gasteiger charge is 2.36. The molecule has 138 valence electrons. The number of nitrogens with zero attached hydrogens (tertiary/aromatic N) is 1. The van der Waals surface area contributed by atoms with Gasteiger partial charge in [0.1, 0.15) is 24.0 Å². The summed E-state index contributed by atoms with van der Waals surface area (Å²) in [5.41, 5.74) is -0.571. The third-order valence-corrected chi connectivity index (χ3v) is 4.14. The minimum atomic E-state index is -0.571. The number of hydrogen-bond donors (Lipinski definition) is 1. The molecule has 1 saturated heterocycles. The molecule has 1 aliphatic rings. The fourth-order valence-electron chi connectivity index (χ4n) is 2.60. The van der Waals surface area contributed by atoms with Crippen LogP contribution >= 0.6 is 15.9 Å². The molecule has 2 amide bonds. The Bertz CT molecular complexity index is 615. The van der Waals surface area contributed by atoms with E-state index in [0.717, 1.165) is 16.6 Å². The average Bonchev–Trinajstić information content (AvgIpc) is 2.99. The lowest BCUT2D eigenvalue weighted by Crippen LogP contribution is -2.48. The maximum atomic E-state index is 12.4. The molecule has 1 heterocycles. The molecular weight excluding hydrogens is 388 g/mol. The SMILES string of the molecule is CC(C)(C)OC(=O)N1CCCC1C(=O)NCCOc1cccc(Br)c1. The Balaban J connectivity index is 1.78. The van der Waals surface area contributed by atoms with Gasteiger partial charge in [0.2, 0.25) is 5.91 Å². The molecule has 1 atom stereocenters. The largest absolute Gasteiger partial charge is 0.492 e. The van der Waals surface area contributed by atoms with Crippen LogP contribution in [0.1, 0.15) is 33.6 Å². The van der Waals surface area contributed by atoms with Crippen LogP contribution in [0.2, 0.25) is 0 Å². The molecule has 0 spiro atoms. The number of hydrogen-bond acceptors (Lipinski definition) is 4. The monoisotopic (exact) mass is 412 g/mol. The van der Waals surface area contributed by atoms with Gasteiger partial charge in [-0.15, -0.1) is 0 Å². The normalized spacial score (nSPS) is 17.3. The first kappa shape index (κ1) is 19.6. The fraction of sp³-hybridized carbons (Fsp3) is 0.556. The number of benzene rings is 1. The minimum absolute atomic E-state index is 0.166. The molecule has 7 heteroatoms. The Kier molecular flexibility index (Phi) is 6.70. The lowest BCUT2D eigenvalue weighted by atomic mass is 10.2. The van der Waals surface area contributed by atoms with E-state index >= 15 is 0 Å². The van der Waals surface area contributed by atoms with Crippen molar-refractivity contribution in [3.05, 3.63) is 28.7 Å². The molecule has 0 saturated carbocycles. The van der Waals surface area contributed by atoms with E-state index in [-0.39, 0.29) is 5.91 Å². The van der Waals surface area contributed by atoms with E-state index in [2.05, 4.69) is 21.2 Å². The zero-order chi connectivity index (χ0) is 18.4. The Morgan fingerprint density at radius 3 is 2.80 bits per heavy atom. The van der Waals surface area contributed by atoms with Crippen LogP contribution in [0.25, 0.3) is 0 Å². The quantitative estimate of drug-likeness (QED) is 0.752. The minimum Gasteiger partial charge on any atom is -0.492 e. The van der Waals surface area contributed by atoms with Crippen LogP contribution in [-0.4, -0.2) is 48.2 Å². The van der Waals surface area contributed by atoms with Crippen molar-refractivity contribution in [2.75, 3.05) is 19.7 Å². The van der Waals surface area contributed by atoms with Crippen LogP contribution in [0, 0.1) is 0 Å². The predicted molar refractivity (Wildman–Crippen MR) is 98.6 cm³/mol. The number of ether oxygens (including phenoxy) is 2. The van der Waals surface area contributed by atoms with Crippen molar-refractivity contribution in [2.45, 2.75) is 45.3 Å². The molecule has 0 aromatic heterocycles. The summed E-state index contributed by atoms with van der Waals surface area (Å²) in [5.74, 6) is 0.570. The van der Waals surface area contributed by atoms with Crippen molar-refractivity contribution in [1.82, 2.24) is 10.2 Å². The van der Waals surface area contributed by atoms with E-state index < -0.39 is 17.7 Å². The van der Waals surface area contributed by atoms with Gasteiger partial charge in [0.25, 0.3) is 0 Å². The summed E-state index contributed by atoms with van der Waals surface area (Å²) in [7, 11) is 0. The highest BCUT2D eigenvalue weighted by molar-refractivity contribution is 9.10. The Morgan fingerprint density at radius 2 is 2.12 bits per heavy atom. The van der Waals surface area contributed by atoms with Gasteiger partial charge in [0, 0.05) is 11.0 Å². The molecule has 1 aromatic rings. The number of carbonyl (C=O) groups excluding carboxylic acids is 2. The molecule has 1 N–H and O–H groups in total. The lowest BCUT2D eigenvalue weighted by Gasteiger charge is -2.28. The molecule has 1 aromatic carbocycles. The summed E-state index contributed by atoms with van der Waals surface area (Å²) in [5, 5.41) is 2.83. The van der Waals surface area contributed by atoms with Gasteiger partial charge in [-0.1, -0.05) is 22.0 Å². The second-order valence-corrected chi connectivity index (χ2v) is 7.84. The van der Waals surface area contributed by atoms with Crippen molar-refractivity contribution in [3.63, 3.8) is 0 Å². The number of nitrogens with one attached hydrogen (secondary N) is 1. The molecule has 0 bridgehead atoms. The van der Waals surface area contributed by atoms with Crippen molar-refractivity contribution in [2.24, 2.45) is 0 Å². The second kappa shape index (κ2) is 8.56. The van der Waals surface area contributed by atoms with Gasteiger partial charge in [-0.25, -0.2) is 4.79 Å². The molecule has 0 aliphatic carbocycles. The van der Waals surface area contributed by atoms with Crippen molar-refractivity contribution < 1.29 is 19.1 Å². The van der Waals surface area contributed by atoms with Crippen molar-refractivity contribution in [3.8, 4) is 5.75 Å². The second-order valence-electron chi connectivity index (χ2n) is 6.93. The molecule has 0 radical (unpaired) electrons. The maximum absolute atomic E-state index is 12.4. The summed E-state index contributed by atoms with van der Waals surface area (Å²) < 4.78 is 11.9. The molecule has 2 rings (SSSR count). The smallest absolute Gasteiger partial charge is 0.410 e. The number of carbonyl (C=O) groups is 2. The lowest BCUT2D eigenvalue weighted by molar-refractivity contribution is -0.125. The van der Waals surface area contributed by atoms with Gasteiger partial charge in [-0.3, -0.25) is 9.69 Å². The van der Waals surface area contributed by atoms with Gasteiger partial charge < -0.3 is 14.8 Å². The number of likely N-dealkylation sites (tertiary alicyclic amines) is 1. The van der Waals surface area contributed by atoms with E-state index in [1.807, 2.05) is 45.0 Å². The van der Waals surface area contributed by atoms with Gasteiger partial charge in [-0.2, -0.15) is 0 Å². The Hall–Kier alpha value is -1.76. The topological polar surface area (TPSA) is 67.9 Å². The molecule has 25 heavy (non-hydrogen) atoms. The van der Waals surface area contributed by atoms with Crippen molar-refractivity contribution in [1.29, 1.82) is 0 Å². The van der Waals surface area contributed by atoms with Gasteiger partial charge in [-0.05, 0) is 51.8 Å². The molecule has 6 nitrogen and oxygen atoms in total.